The number of rotatable bonds is 9. The van der Waals surface area contributed by atoms with Gasteiger partial charge in [0.2, 0.25) is 11.7 Å². The first-order valence-electron chi connectivity index (χ1n) is 18.8. The molecule has 6 nitrogen and oxygen atoms in total. The van der Waals surface area contributed by atoms with Crippen LogP contribution >= 0.6 is 0 Å². The Morgan fingerprint density at radius 1 is 0.721 bits per heavy atom. The van der Waals surface area contributed by atoms with Crippen molar-refractivity contribution >= 4 is 39.9 Å². The maximum absolute atomic E-state index is 11.4. The average molecular weight is 976 g/mol. The Hall–Kier alpha value is -4.97. The number of halogens is 6. The van der Waals surface area contributed by atoms with Crippen LogP contribution in [0.3, 0.4) is 0 Å². The second-order valence-corrected chi connectivity index (χ2v) is 14.1. The third-order valence-corrected chi connectivity index (χ3v) is 9.55. The first kappa shape index (κ1) is 48.7. The van der Waals surface area contributed by atoms with E-state index in [2.05, 4.69) is 151 Å². The van der Waals surface area contributed by atoms with Crippen molar-refractivity contribution in [3.05, 3.63) is 173 Å². The monoisotopic (exact) mass is 975 g/mol. The van der Waals surface area contributed by atoms with Gasteiger partial charge in [0.1, 0.15) is 12.6 Å². The molecule has 0 aromatic heterocycles. The predicted octanol–water partition coefficient (Wildman–Crippen LogP) is 10.5. The van der Waals surface area contributed by atoms with E-state index in [1.165, 1.54) is 44.5 Å². The molecule has 1 N–H and O–H groups in total. The molecule has 0 amide bonds. The molecule has 1 aliphatic carbocycles. The molecule has 0 fully saturated rings. The number of benzene rings is 4. The van der Waals surface area contributed by atoms with E-state index in [0.717, 1.165) is 11.5 Å². The van der Waals surface area contributed by atoms with Crippen molar-refractivity contribution in [3.8, 4) is 0 Å². The summed E-state index contributed by atoms with van der Waals surface area (Å²) in [7, 11) is 0. The fourth-order valence-corrected chi connectivity index (χ4v) is 6.46. The first-order valence-corrected chi connectivity index (χ1v) is 18.8. The zero-order valence-electron chi connectivity index (χ0n) is 32.7. The van der Waals surface area contributed by atoms with E-state index in [-0.39, 0.29) is 49.3 Å². The summed E-state index contributed by atoms with van der Waals surface area (Å²) < 4.78 is 79.6. The third-order valence-electron chi connectivity index (χ3n) is 9.55. The van der Waals surface area contributed by atoms with Crippen molar-refractivity contribution in [1.82, 2.24) is 0 Å². The van der Waals surface area contributed by atoms with Gasteiger partial charge in [-0.1, -0.05) is 135 Å². The minimum absolute atomic E-state index is 0. The first-order chi connectivity index (χ1) is 28.2. The molecule has 5 aromatic carbocycles. The third kappa shape index (κ3) is 12.3. The van der Waals surface area contributed by atoms with Crippen LogP contribution in [0.4, 0.5) is 26.3 Å². The van der Waals surface area contributed by atoms with Gasteiger partial charge in [-0.15, -0.1) is 0 Å². The summed E-state index contributed by atoms with van der Waals surface area (Å²) in [5, 5.41) is 8.07. The van der Waals surface area contributed by atoms with Gasteiger partial charge in [0, 0.05) is 43.1 Å². The maximum Gasteiger partial charge on any atom is 0.450 e. The molecule has 5 aromatic rings. The smallest absolute Gasteiger partial charge is 0.450 e. The number of ether oxygens (including phenoxy) is 2. The van der Waals surface area contributed by atoms with Crippen molar-refractivity contribution in [2.75, 3.05) is 13.2 Å². The number of aliphatic imine (C=N–C) groups is 2. The van der Waals surface area contributed by atoms with E-state index >= 15 is 0 Å². The largest absolute Gasteiger partial charge is 0.561 e. The van der Waals surface area contributed by atoms with Gasteiger partial charge in [-0.25, -0.2) is 10.6 Å². The molecule has 8 rings (SSSR count). The molecule has 61 heavy (non-hydrogen) atoms. The van der Waals surface area contributed by atoms with E-state index in [1.54, 1.807) is 0 Å². The normalized spacial score (nSPS) is 17.4. The SMILES string of the molecule is CC(C)[C@H]1COC(C2COC(c3[c-]cc[cH-]3)=N2)=N1.O=C(CC(O)C(F)(F)F)C(F)(F)F.[Co].[Pd].c1ccc(C2=C(c3ccccc3)C(c3ccccc3)=C2c2ccccc2)cc1. The van der Waals surface area contributed by atoms with E-state index in [1.807, 2.05) is 18.2 Å². The van der Waals surface area contributed by atoms with Crippen molar-refractivity contribution in [2.24, 2.45) is 15.9 Å². The van der Waals surface area contributed by atoms with Gasteiger partial charge in [-0.05, 0) is 50.5 Å². The average Bonchev–Trinajstić information content (AvgIpc) is 4.02. The fraction of sp³-hybridized carbons (Fsp3) is 0.234. The van der Waals surface area contributed by atoms with Crippen LogP contribution in [0.15, 0.2) is 150 Å². The Morgan fingerprint density at radius 3 is 1.48 bits per heavy atom. The molecular formula is C47H40CoF6N2O4Pd-2. The summed E-state index contributed by atoms with van der Waals surface area (Å²) in [5.74, 6) is -0.742. The number of Topliss-reactive ketones (excluding diaryl/α,β-unsaturated/α-hetero) is 1. The molecule has 1 radical (unpaired) electrons. The number of hydrogen-bond acceptors (Lipinski definition) is 6. The Labute approximate surface area is 374 Å². The van der Waals surface area contributed by atoms with Crippen molar-refractivity contribution < 1.29 is 82.9 Å². The van der Waals surface area contributed by atoms with E-state index in [4.69, 9.17) is 14.6 Å². The second-order valence-electron chi connectivity index (χ2n) is 14.1. The molecule has 0 spiro atoms. The van der Waals surface area contributed by atoms with Crippen molar-refractivity contribution in [1.29, 1.82) is 0 Å². The Bertz CT molecular complexity index is 2090. The molecule has 0 saturated heterocycles. The van der Waals surface area contributed by atoms with E-state index < -0.39 is 30.7 Å². The standard InChI is InChI=1S/C28H20.C14H16N2O2.C5H4F6O2.Co.Pd/c1-5-13-21(14-6-1)25-26(22-15-7-2-8-16-22)28(24-19-11-4-12-20-24)27(25)23-17-9-3-10-18-23;1-9(2)11-7-18-14(15-11)12-8-17-13(16-12)10-5-3-4-6-10;6-4(7,8)2(12)1-3(13)5(9,10)11;;/h1-20H;3-5,9,11-12H,7-8H2,1-2H3;2,12H,1H2;;/q;-2;;;/t;11-,12?;;;/m.1.../s1. The fourth-order valence-electron chi connectivity index (χ4n) is 6.46. The molecule has 2 heterocycles. The van der Waals surface area contributed by atoms with Gasteiger partial charge in [-0.2, -0.15) is 26.3 Å². The van der Waals surface area contributed by atoms with Gasteiger partial charge in [0.15, 0.2) is 6.10 Å². The number of carbonyl (C=O) groups excluding carboxylic acids is 1. The number of aliphatic hydroxyl groups excluding tert-OH is 1. The van der Waals surface area contributed by atoms with Crippen molar-refractivity contribution in [3.63, 3.8) is 0 Å². The predicted molar refractivity (Wildman–Crippen MR) is 216 cm³/mol. The molecule has 0 saturated carbocycles. The Balaban J connectivity index is 0.000000216. The van der Waals surface area contributed by atoms with Crippen LogP contribution in [0.25, 0.3) is 22.3 Å². The second kappa shape index (κ2) is 21.7. The summed E-state index contributed by atoms with van der Waals surface area (Å²) in [6, 6.07) is 51.9. The quantitative estimate of drug-likeness (QED) is 0.0907. The Morgan fingerprint density at radius 2 is 1.15 bits per heavy atom. The number of allylic oxidation sites excluding steroid dienone is 4. The molecule has 2 aliphatic heterocycles. The van der Waals surface area contributed by atoms with Crippen LogP contribution in [0.1, 0.15) is 48.1 Å². The maximum atomic E-state index is 11.4. The van der Waals surface area contributed by atoms with Gasteiger partial charge in [-0.3, -0.25) is 29.1 Å². The number of nitrogens with zero attached hydrogens (tertiary/aromatic N) is 2. The van der Waals surface area contributed by atoms with Gasteiger partial charge >= 0.3 is 12.4 Å². The van der Waals surface area contributed by atoms with Gasteiger partial charge in [0.25, 0.3) is 0 Å². The summed E-state index contributed by atoms with van der Waals surface area (Å²) in [5.41, 5.74) is 11.3. The van der Waals surface area contributed by atoms with Gasteiger partial charge < -0.3 is 19.6 Å². The molecular weight excluding hydrogens is 936 g/mol. The van der Waals surface area contributed by atoms with Crippen molar-refractivity contribution in [2.45, 2.75) is 50.8 Å². The molecule has 3 aliphatic rings. The minimum Gasteiger partial charge on any atom is -0.561 e. The number of alkyl halides is 6. The molecule has 2 unspecified atom stereocenters. The van der Waals surface area contributed by atoms with Crippen LogP contribution < -0.4 is 0 Å². The van der Waals surface area contributed by atoms with Gasteiger partial charge in [0.05, 0.1) is 19.1 Å². The minimum atomic E-state index is -5.34. The molecule has 325 valence electrons. The van der Waals surface area contributed by atoms with Crippen LogP contribution in [0.2, 0.25) is 0 Å². The molecule has 3 atom stereocenters. The summed E-state index contributed by atoms with van der Waals surface area (Å²) in [4.78, 5) is 19.0. The zero-order valence-corrected chi connectivity index (χ0v) is 35.3. The number of ketones is 1. The number of carbonyl (C=O) groups is 1. The van der Waals surface area contributed by atoms with Crippen LogP contribution in [0.5, 0.6) is 0 Å². The van der Waals surface area contributed by atoms with E-state index in [9.17, 15) is 31.1 Å². The van der Waals surface area contributed by atoms with Crippen LogP contribution in [0, 0.1) is 12.0 Å². The topological polar surface area (TPSA) is 80.5 Å². The summed E-state index contributed by atoms with van der Waals surface area (Å²) >= 11 is 0. The van der Waals surface area contributed by atoms with E-state index in [0.29, 0.717) is 25.0 Å². The zero-order chi connectivity index (χ0) is 42.2. The Kier molecular flexibility index (Phi) is 17.3. The van der Waals surface area contributed by atoms with Crippen LogP contribution in [-0.2, 0) is 51.5 Å². The molecule has 0 bridgehead atoms. The van der Waals surface area contributed by atoms with Crippen LogP contribution in [-0.4, -0.2) is 66.4 Å². The number of aliphatic hydroxyl groups is 1. The molecule has 14 heteroatoms. The number of hydrogen-bond donors (Lipinski definition) is 1. The summed E-state index contributed by atoms with van der Waals surface area (Å²) in [6.07, 6.45) is -15.8. The summed E-state index contributed by atoms with van der Waals surface area (Å²) in [6.45, 7) is 5.48.